The van der Waals surface area contributed by atoms with E-state index in [0.29, 0.717) is 16.5 Å². The minimum absolute atomic E-state index is 0.242. The van der Waals surface area contributed by atoms with E-state index < -0.39 is 16.1 Å². The number of hydrogen-bond donors (Lipinski definition) is 1. The van der Waals surface area contributed by atoms with Gasteiger partial charge in [-0.3, -0.25) is 4.79 Å². The summed E-state index contributed by atoms with van der Waals surface area (Å²) in [5.74, 6) is 0.207. The summed E-state index contributed by atoms with van der Waals surface area (Å²) in [4.78, 5) is 12.2. The second-order valence-electron chi connectivity index (χ2n) is 5.78. The normalized spacial score (nSPS) is 11.3. The van der Waals surface area contributed by atoms with Crippen molar-refractivity contribution in [1.82, 2.24) is 9.62 Å². The fourth-order valence-corrected chi connectivity index (χ4v) is 3.36. The van der Waals surface area contributed by atoms with Crippen LogP contribution >= 0.6 is 11.6 Å². The standard InChI is InChI=1S/C18H22ClN3O4S/c1-21(2)27(24,25)22(16-6-4-3-5-7-16)14-18(23)20-12-13-26-17-10-8-15(19)9-11-17/h3-11H,12-14H2,1-2H3,(H,20,23). The molecule has 0 bridgehead atoms. The van der Waals surface area contributed by atoms with Crippen LogP contribution in [0.3, 0.4) is 0 Å². The van der Waals surface area contributed by atoms with Crippen molar-refractivity contribution >= 4 is 33.4 Å². The van der Waals surface area contributed by atoms with E-state index >= 15 is 0 Å². The molecule has 0 aliphatic heterocycles. The van der Waals surface area contributed by atoms with Crippen molar-refractivity contribution in [2.45, 2.75) is 0 Å². The third kappa shape index (κ3) is 6.13. The van der Waals surface area contributed by atoms with Crippen molar-refractivity contribution in [2.75, 3.05) is 38.1 Å². The van der Waals surface area contributed by atoms with Crippen molar-refractivity contribution in [2.24, 2.45) is 0 Å². The van der Waals surface area contributed by atoms with Gasteiger partial charge in [-0.05, 0) is 36.4 Å². The predicted molar refractivity (Wildman–Crippen MR) is 106 cm³/mol. The summed E-state index contributed by atoms with van der Waals surface area (Å²) < 4.78 is 32.7. The molecule has 0 aromatic heterocycles. The topological polar surface area (TPSA) is 79.0 Å². The van der Waals surface area contributed by atoms with E-state index in [1.54, 1.807) is 54.6 Å². The van der Waals surface area contributed by atoms with E-state index in [1.807, 2.05) is 0 Å². The molecular weight excluding hydrogens is 390 g/mol. The quantitative estimate of drug-likeness (QED) is 0.641. The molecule has 0 aliphatic carbocycles. The minimum Gasteiger partial charge on any atom is -0.492 e. The molecule has 1 amide bonds. The van der Waals surface area contributed by atoms with Gasteiger partial charge < -0.3 is 10.1 Å². The third-order valence-corrected chi connectivity index (χ3v) is 5.65. The van der Waals surface area contributed by atoms with Crippen LogP contribution in [-0.2, 0) is 15.0 Å². The van der Waals surface area contributed by atoms with Crippen LogP contribution in [0.4, 0.5) is 5.69 Å². The highest BCUT2D eigenvalue weighted by Gasteiger charge is 2.26. The Balaban J connectivity index is 1.93. The van der Waals surface area contributed by atoms with Gasteiger partial charge in [0.1, 0.15) is 18.9 Å². The predicted octanol–water partition coefficient (Wildman–Crippen LogP) is 2.15. The van der Waals surface area contributed by atoms with Crippen LogP contribution < -0.4 is 14.4 Å². The van der Waals surface area contributed by atoms with Gasteiger partial charge in [-0.2, -0.15) is 12.7 Å². The third-order valence-electron chi connectivity index (χ3n) is 3.58. The van der Waals surface area contributed by atoms with E-state index in [2.05, 4.69) is 5.32 Å². The molecule has 9 heteroatoms. The zero-order valence-corrected chi connectivity index (χ0v) is 16.7. The zero-order valence-electron chi connectivity index (χ0n) is 15.1. The lowest BCUT2D eigenvalue weighted by molar-refractivity contribution is -0.119. The molecule has 2 aromatic rings. The highest BCUT2D eigenvalue weighted by Crippen LogP contribution is 2.18. The van der Waals surface area contributed by atoms with Gasteiger partial charge in [-0.1, -0.05) is 29.8 Å². The highest BCUT2D eigenvalue weighted by atomic mass is 35.5. The second kappa shape index (κ2) is 9.59. The molecule has 0 radical (unpaired) electrons. The van der Waals surface area contributed by atoms with Crippen LogP contribution in [0.25, 0.3) is 0 Å². The number of ether oxygens (including phenoxy) is 1. The maximum Gasteiger partial charge on any atom is 0.304 e. The molecule has 0 saturated carbocycles. The Bertz CT molecular complexity index is 843. The van der Waals surface area contributed by atoms with Gasteiger partial charge in [0, 0.05) is 19.1 Å². The lowest BCUT2D eigenvalue weighted by Gasteiger charge is -2.26. The number of carbonyl (C=O) groups excluding carboxylic acids is 1. The van der Waals surface area contributed by atoms with Crippen LogP contribution in [0.1, 0.15) is 0 Å². The minimum atomic E-state index is -3.80. The summed E-state index contributed by atoms with van der Waals surface area (Å²) in [6.45, 7) is 0.163. The molecule has 0 aliphatic rings. The van der Waals surface area contributed by atoms with Crippen molar-refractivity contribution in [1.29, 1.82) is 0 Å². The van der Waals surface area contributed by atoms with Gasteiger partial charge in [-0.25, -0.2) is 4.31 Å². The number of benzene rings is 2. The number of nitrogens with zero attached hydrogens (tertiary/aromatic N) is 2. The first-order chi connectivity index (χ1) is 12.8. The molecule has 0 fully saturated rings. The molecule has 2 rings (SSSR count). The van der Waals surface area contributed by atoms with E-state index in [1.165, 1.54) is 14.1 Å². The Kier molecular flexibility index (Phi) is 7.46. The van der Waals surface area contributed by atoms with E-state index in [4.69, 9.17) is 16.3 Å². The highest BCUT2D eigenvalue weighted by molar-refractivity contribution is 7.90. The van der Waals surface area contributed by atoms with Crippen LogP contribution in [0.2, 0.25) is 5.02 Å². The Hall–Kier alpha value is -2.29. The Morgan fingerprint density at radius 2 is 1.70 bits per heavy atom. The van der Waals surface area contributed by atoms with Gasteiger partial charge in [0.25, 0.3) is 0 Å². The molecule has 2 aromatic carbocycles. The van der Waals surface area contributed by atoms with Gasteiger partial charge in [0.15, 0.2) is 0 Å². The van der Waals surface area contributed by atoms with Crippen LogP contribution in [-0.4, -0.2) is 52.4 Å². The summed E-state index contributed by atoms with van der Waals surface area (Å²) in [6, 6.07) is 15.3. The first-order valence-corrected chi connectivity index (χ1v) is 9.98. The van der Waals surface area contributed by atoms with Gasteiger partial charge in [0.2, 0.25) is 5.91 Å². The molecule has 0 unspecified atom stereocenters. The number of halogens is 1. The number of amides is 1. The van der Waals surface area contributed by atoms with Gasteiger partial charge in [0.05, 0.1) is 12.2 Å². The van der Waals surface area contributed by atoms with Crippen molar-refractivity contribution in [3.05, 3.63) is 59.6 Å². The van der Waals surface area contributed by atoms with E-state index in [0.717, 1.165) is 8.61 Å². The van der Waals surface area contributed by atoms with Crippen molar-refractivity contribution in [3.63, 3.8) is 0 Å². The van der Waals surface area contributed by atoms with Crippen LogP contribution in [0, 0.1) is 0 Å². The molecule has 0 atom stereocenters. The molecule has 7 nitrogen and oxygen atoms in total. The number of anilines is 1. The molecule has 146 valence electrons. The van der Waals surface area contributed by atoms with Crippen LogP contribution in [0.15, 0.2) is 54.6 Å². The molecule has 0 saturated heterocycles. The Morgan fingerprint density at radius 1 is 1.07 bits per heavy atom. The first kappa shape index (κ1) is 21.0. The largest absolute Gasteiger partial charge is 0.492 e. The lowest BCUT2D eigenvalue weighted by Crippen LogP contribution is -2.46. The summed E-state index contributed by atoms with van der Waals surface area (Å²) in [6.07, 6.45) is 0. The van der Waals surface area contributed by atoms with Crippen LogP contribution in [0.5, 0.6) is 5.75 Å². The molecular formula is C18H22ClN3O4S. The number of hydrogen-bond acceptors (Lipinski definition) is 4. The maximum absolute atomic E-state index is 12.5. The Labute approximate surface area is 164 Å². The second-order valence-corrected chi connectivity index (χ2v) is 8.29. The monoisotopic (exact) mass is 411 g/mol. The molecule has 27 heavy (non-hydrogen) atoms. The molecule has 1 N–H and O–H groups in total. The summed E-state index contributed by atoms with van der Waals surface area (Å²) in [5.41, 5.74) is 0.416. The summed E-state index contributed by atoms with van der Waals surface area (Å²) in [5, 5.41) is 3.27. The fourth-order valence-electron chi connectivity index (χ4n) is 2.17. The summed E-state index contributed by atoms with van der Waals surface area (Å²) in [7, 11) is -0.963. The number of para-hydroxylation sites is 1. The maximum atomic E-state index is 12.5. The number of rotatable bonds is 9. The average Bonchev–Trinajstić information content (AvgIpc) is 2.65. The first-order valence-electron chi connectivity index (χ1n) is 8.21. The average molecular weight is 412 g/mol. The lowest BCUT2D eigenvalue weighted by atomic mass is 10.3. The zero-order chi connectivity index (χ0) is 19.9. The van der Waals surface area contributed by atoms with Crippen molar-refractivity contribution < 1.29 is 17.9 Å². The van der Waals surface area contributed by atoms with Crippen molar-refractivity contribution in [3.8, 4) is 5.75 Å². The molecule has 0 spiro atoms. The number of carbonyl (C=O) groups is 1. The SMILES string of the molecule is CN(C)S(=O)(=O)N(CC(=O)NCCOc1ccc(Cl)cc1)c1ccccc1. The Morgan fingerprint density at radius 3 is 2.30 bits per heavy atom. The fraction of sp³-hybridized carbons (Fsp3) is 0.278. The van der Waals surface area contributed by atoms with E-state index in [-0.39, 0.29) is 19.7 Å². The molecule has 0 heterocycles. The van der Waals surface area contributed by atoms with Gasteiger partial charge in [-0.15, -0.1) is 0 Å². The summed E-state index contributed by atoms with van der Waals surface area (Å²) >= 11 is 5.80. The van der Waals surface area contributed by atoms with Gasteiger partial charge >= 0.3 is 10.2 Å². The smallest absolute Gasteiger partial charge is 0.304 e. The number of nitrogens with one attached hydrogen (secondary N) is 1. The van der Waals surface area contributed by atoms with E-state index in [9.17, 15) is 13.2 Å².